The van der Waals surface area contributed by atoms with E-state index < -0.39 is 0 Å². The number of piperidine rings is 1. The molecule has 0 spiro atoms. The van der Waals surface area contributed by atoms with Gasteiger partial charge in [-0.25, -0.2) is 4.79 Å². The Hall–Kier alpha value is -2.08. The second kappa shape index (κ2) is 9.42. The second-order valence-electron chi connectivity index (χ2n) is 6.83. The smallest absolute Gasteiger partial charge is 0.317 e. The maximum absolute atomic E-state index is 12.5. The summed E-state index contributed by atoms with van der Waals surface area (Å²) in [5.41, 5.74) is 7.09. The predicted octanol–water partition coefficient (Wildman–Crippen LogP) is 1.95. The van der Waals surface area contributed by atoms with Crippen LogP contribution in [0.3, 0.4) is 0 Å². The molecule has 1 saturated heterocycles. The molecule has 2 rings (SSSR count). The number of hydrogen-bond acceptors (Lipinski definition) is 3. The lowest BCUT2D eigenvalue weighted by Gasteiger charge is -2.38. The number of carbonyl (C=O) groups excluding carboxylic acids is 2. The van der Waals surface area contributed by atoms with E-state index in [0.29, 0.717) is 19.5 Å². The summed E-state index contributed by atoms with van der Waals surface area (Å²) >= 11 is 0. The van der Waals surface area contributed by atoms with Crippen LogP contribution in [-0.2, 0) is 11.3 Å². The van der Waals surface area contributed by atoms with Crippen LogP contribution in [0, 0.1) is 0 Å². The summed E-state index contributed by atoms with van der Waals surface area (Å²) in [7, 11) is 1.75. The van der Waals surface area contributed by atoms with Crippen molar-refractivity contribution in [1.82, 2.24) is 15.1 Å². The molecule has 1 fully saturated rings. The molecule has 1 heterocycles. The number of hydrogen-bond donors (Lipinski definition) is 2. The molecular formula is C19H30N4O2. The zero-order chi connectivity index (χ0) is 18.2. The maximum Gasteiger partial charge on any atom is 0.317 e. The molecule has 1 aliphatic rings. The first-order valence-corrected chi connectivity index (χ1v) is 9.07. The van der Waals surface area contributed by atoms with Crippen LogP contribution in [0.15, 0.2) is 30.3 Å². The molecule has 138 valence electrons. The van der Waals surface area contributed by atoms with Crippen LogP contribution in [0.1, 0.15) is 38.2 Å². The average Bonchev–Trinajstić information content (AvgIpc) is 2.62. The number of rotatable bonds is 6. The van der Waals surface area contributed by atoms with Crippen LogP contribution in [0.5, 0.6) is 0 Å². The summed E-state index contributed by atoms with van der Waals surface area (Å²) < 4.78 is 0. The van der Waals surface area contributed by atoms with Crippen LogP contribution in [0.25, 0.3) is 0 Å². The fraction of sp³-hybridized carbons (Fsp3) is 0.579. The Morgan fingerprint density at radius 1 is 1.32 bits per heavy atom. The minimum Gasteiger partial charge on any atom is -0.338 e. The zero-order valence-corrected chi connectivity index (χ0v) is 15.3. The minimum atomic E-state index is -0.168. The van der Waals surface area contributed by atoms with Crippen LogP contribution < -0.4 is 11.1 Å². The van der Waals surface area contributed by atoms with Crippen LogP contribution >= 0.6 is 0 Å². The summed E-state index contributed by atoms with van der Waals surface area (Å²) in [6, 6.07) is 9.76. The minimum absolute atomic E-state index is 0.0177. The summed E-state index contributed by atoms with van der Waals surface area (Å²) in [6.07, 6.45) is 3.43. The first-order chi connectivity index (χ1) is 12.0. The summed E-state index contributed by atoms with van der Waals surface area (Å²) in [4.78, 5) is 28.1. The molecule has 0 bridgehead atoms. The highest BCUT2D eigenvalue weighted by molar-refractivity contribution is 5.78. The van der Waals surface area contributed by atoms with Gasteiger partial charge >= 0.3 is 6.03 Å². The first-order valence-electron chi connectivity index (χ1n) is 9.07. The lowest BCUT2D eigenvalue weighted by Crippen LogP contribution is -2.52. The normalized spacial score (nSPS) is 18.5. The van der Waals surface area contributed by atoms with Crippen LogP contribution in [0.2, 0.25) is 0 Å². The van der Waals surface area contributed by atoms with E-state index in [9.17, 15) is 9.59 Å². The van der Waals surface area contributed by atoms with Gasteiger partial charge in [-0.1, -0.05) is 30.3 Å². The number of urea groups is 1. The number of carbonyl (C=O) groups is 2. The van der Waals surface area contributed by atoms with E-state index in [2.05, 4.69) is 5.32 Å². The fourth-order valence-electron chi connectivity index (χ4n) is 3.30. The molecule has 0 radical (unpaired) electrons. The van der Waals surface area contributed by atoms with Gasteiger partial charge in [0.15, 0.2) is 0 Å². The lowest BCUT2D eigenvalue weighted by molar-refractivity contribution is -0.135. The van der Waals surface area contributed by atoms with Crippen molar-refractivity contribution in [3.05, 3.63) is 35.9 Å². The quantitative estimate of drug-likeness (QED) is 0.826. The van der Waals surface area contributed by atoms with E-state index >= 15 is 0 Å². The Kier molecular flexibility index (Phi) is 7.25. The van der Waals surface area contributed by atoms with Gasteiger partial charge in [-0.05, 0) is 31.7 Å². The van der Waals surface area contributed by atoms with Crippen molar-refractivity contribution < 1.29 is 9.59 Å². The topological polar surface area (TPSA) is 78.7 Å². The van der Waals surface area contributed by atoms with E-state index in [1.54, 1.807) is 11.9 Å². The lowest BCUT2D eigenvalue weighted by atomic mass is 9.96. The molecule has 25 heavy (non-hydrogen) atoms. The van der Waals surface area contributed by atoms with E-state index in [4.69, 9.17) is 5.73 Å². The molecule has 0 aliphatic carbocycles. The van der Waals surface area contributed by atoms with Gasteiger partial charge in [0.25, 0.3) is 0 Å². The second-order valence-corrected chi connectivity index (χ2v) is 6.83. The Labute approximate surface area is 150 Å². The van der Waals surface area contributed by atoms with Crippen molar-refractivity contribution >= 4 is 11.9 Å². The van der Waals surface area contributed by atoms with Crippen molar-refractivity contribution in [2.24, 2.45) is 5.73 Å². The number of likely N-dealkylation sites (tertiary alicyclic amines) is 1. The largest absolute Gasteiger partial charge is 0.338 e. The number of amides is 3. The third kappa shape index (κ3) is 5.74. The number of nitrogens with one attached hydrogen (secondary N) is 1. The molecule has 0 saturated carbocycles. The highest BCUT2D eigenvalue weighted by Crippen LogP contribution is 2.19. The van der Waals surface area contributed by atoms with Crippen molar-refractivity contribution in [3.8, 4) is 0 Å². The molecule has 1 aliphatic heterocycles. The Balaban J connectivity index is 1.75. The summed E-state index contributed by atoms with van der Waals surface area (Å²) in [5.74, 6) is 0.0769. The number of benzene rings is 1. The van der Waals surface area contributed by atoms with E-state index in [-0.39, 0.29) is 24.0 Å². The van der Waals surface area contributed by atoms with Crippen molar-refractivity contribution in [3.63, 3.8) is 0 Å². The first kappa shape index (κ1) is 19.2. The molecule has 2 unspecified atom stereocenters. The summed E-state index contributed by atoms with van der Waals surface area (Å²) in [6.45, 7) is 3.61. The molecule has 2 atom stereocenters. The molecular weight excluding hydrogens is 316 g/mol. The Morgan fingerprint density at radius 3 is 2.72 bits per heavy atom. The average molecular weight is 346 g/mol. The number of nitrogens with zero attached hydrogens (tertiary/aromatic N) is 2. The monoisotopic (exact) mass is 346 g/mol. The third-order valence-corrected chi connectivity index (χ3v) is 4.70. The Morgan fingerprint density at radius 2 is 2.04 bits per heavy atom. The highest BCUT2D eigenvalue weighted by Gasteiger charge is 2.28. The van der Waals surface area contributed by atoms with Gasteiger partial charge in [0, 0.05) is 45.2 Å². The van der Waals surface area contributed by atoms with E-state index in [1.807, 2.05) is 42.2 Å². The van der Waals surface area contributed by atoms with Gasteiger partial charge in [-0.2, -0.15) is 0 Å². The predicted molar refractivity (Wildman–Crippen MR) is 98.9 cm³/mol. The standard InChI is InChI=1S/C19H30N4O2/c1-15(20)17-10-6-7-13-23(17)18(24)11-12-21-19(25)22(2)14-16-8-4-3-5-9-16/h3-5,8-9,15,17H,6-7,10-14,20H2,1-2H3,(H,21,25). The van der Waals surface area contributed by atoms with E-state index in [1.165, 1.54) is 0 Å². The molecule has 1 aromatic carbocycles. The fourth-order valence-corrected chi connectivity index (χ4v) is 3.30. The third-order valence-electron chi connectivity index (χ3n) is 4.70. The van der Waals surface area contributed by atoms with Crippen LogP contribution in [-0.4, -0.2) is 54.0 Å². The van der Waals surface area contributed by atoms with Crippen molar-refractivity contribution in [2.45, 2.75) is 51.2 Å². The van der Waals surface area contributed by atoms with Gasteiger partial charge in [-0.3, -0.25) is 4.79 Å². The molecule has 6 heteroatoms. The van der Waals surface area contributed by atoms with Gasteiger partial charge in [0.1, 0.15) is 0 Å². The molecule has 3 amide bonds. The van der Waals surface area contributed by atoms with E-state index in [0.717, 1.165) is 31.4 Å². The Bertz CT molecular complexity index is 562. The zero-order valence-electron chi connectivity index (χ0n) is 15.3. The SMILES string of the molecule is CC(N)C1CCCCN1C(=O)CCNC(=O)N(C)Cc1ccccc1. The number of nitrogens with two attached hydrogens (primary N) is 1. The van der Waals surface area contributed by atoms with Gasteiger partial charge in [0.2, 0.25) is 5.91 Å². The molecule has 1 aromatic rings. The maximum atomic E-state index is 12.5. The highest BCUT2D eigenvalue weighted by atomic mass is 16.2. The van der Waals surface area contributed by atoms with Gasteiger partial charge in [0.05, 0.1) is 0 Å². The molecule has 6 nitrogen and oxygen atoms in total. The molecule has 0 aromatic heterocycles. The van der Waals surface area contributed by atoms with Gasteiger partial charge < -0.3 is 20.9 Å². The van der Waals surface area contributed by atoms with Crippen molar-refractivity contribution in [1.29, 1.82) is 0 Å². The molecule has 3 N–H and O–H groups in total. The van der Waals surface area contributed by atoms with Gasteiger partial charge in [-0.15, -0.1) is 0 Å². The van der Waals surface area contributed by atoms with Crippen LogP contribution in [0.4, 0.5) is 4.79 Å². The van der Waals surface area contributed by atoms with Crippen molar-refractivity contribution in [2.75, 3.05) is 20.1 Å². The summed E-state index contributed by atoms with van der Waals surface area (Å²) in [5, 5.41) is 2.82.